The minimum atomic E-state index is -0.436. The Hall–Kier alpha value is -2.55. The normalized spacial score (nSPS) is 11.3. The first-order valence-electron chi connectivity index (χ1n) is 7.62. The molecule has 3 aromatic rings. The summed E-state index contributed by atoms with van der Waals surface area (Å²) in [6.07, 6.45) is 3.54. The molecule has 0 aliphatic carbocycles. The first-order valence-corrected chi connectivity index (χ1v) is 8.70. The van der Waals surface area contributed by atoms with Crippen LogP contribution >= 0.6 is 22.6 Å². The molecule has 0 radical (unpaired) electrons. The molecule has 0 aliphatic rings. The number of nitro benzene ring substituents is 1. The predicted molar refractivity (Wildman–Crippen MR) is 106 cm³/mol. The summed E-state index contributed by atoms with van der Waals surface area (Å²) >= 11 is 2.17. The largest absolute Gasteiger partial charge is 0.293 e. The van der Waals surface area contributed by atoms with Crippen molar-refractivity contribution in [2.75, 3.05) is 0 Å². The van der Waals surface area contributed by atoms with Crippen LogP contribution in [0.4, 0.5) is 5.69 Å². The number of hydrogen-bond acceptors (Lipinski definition) is 4. The van der Waals surface area contributed by atoms with E-state index >= 15 is 0 Å². The third-order valence-corrected chi connectivity index (χ3v) is 4.46. The summed E-state index contributed by atoms with van der Waals surface area (Å²) in [5, 5.41) is 11.3. The zero-order valence-corrected chi connectivity index (χ0v) is 15.5. The highest BCUT2D eigenvalue weighted by molar-refractivity contribution is 14.1. The van der Waals surface area contributed by atoms with Crippen molar-refractivity contribution in [1.82, 2.24) is 9.55 Å². The van der Waals surface area contributed by atoms with Crippen molar-refractivity contribution in [3.05, 3.63) is 77.9 Å². The molecule has 0 aliphatic heterocycles. The molecule has 3 rings (SSSR count). The molecule has 0 saturated heterocycles. The summed E-state index contributed by atoms with van der Waals surface area (Å²) in [6, 6.07) is 11.8. The van der Waals surface area contributed by atoms with Crippen LogP contribution in [0.2, 0.25) is 0 Å². The van der Waals surface area contributed by atoms with Gasteiger partial charge in [-0.05, 0) is 71.5 Å². The number of aromatic nitrogens is 2. The molecule has 0 amide bonds. The van der Waals surface area contributed by atoms with Crippen LogP contribution in [0.5, 0.6) is 0 Å². The van der Waals surface area contributed by atoms with Gasteiger partial charge in [-0.2, -0.15) is 0 Å². The van der Waals surface area contributed by atoms with Crippen LogP contribution in [0, 0.1) is 13.7 Å². The van der Waals surface area contributed by atoms with E-state index in [4.69, 9.17) is 0 Å². The summed E-state index contributed by atoms with van der Waals surface area (Å²) in [6.45, 7) is 2.40. The molecular weight excluding hydrogens is 433 g/mol. The van der Waals surface area contributed by atoms with E-state index in [1.165, 1.54) is 12.1 Å². The van der Waals surface area contributed by atoms with Gasteiger partial charge in [-0.25, -0.2) is 4.98 Å². The lowest BCUT2D eigenvalue weighted by Gasteiger charge is -2.09. The van der Waals surface area contributed by atoms with E-state index in [1.54, 1.807) is 28.9 Å². The zero-order chi connectivity index (χ0) is 18.0. The molecule has 0 N–H and O–H groups in total. The Labute approximate surface area is 157 Å². The number of halogens is 1. The maximum Gasteiger partial charge on any atom is 0.269 e. The minimum Gasteiger partial charge on any atom is -0.293 e. The van der Waals surface area contributed by atoms with E-state index in [2.05, 4.69) is 27.6 Å². The molecule has 1 aromatic heterocycles. The standard InChI is InChI=1S/C18H14IN3O3/c1-2-21-17(10-5-12-3-7-14(8-4-12)22(24)25)20-16-9-6-13(19)11-15(16)18(21)23/h3-11H,2H2,1H3. The molecule has 0 spiro atoms. The van der Waals surface area contributed by atoms with Crippen molar-refractivity contribution in [2.24, 2.45) is 0 Å². The van der Waals surface area contributed by atoms with Gasteiger partial charge >= 0.3 is 0 Å². The van der Waals surface area contributed by atoms with Crippen LogP contribution in [0.25, 0.3) is 23.1 Å². The highest BCUT2D eigenvalue weighted by atomic mass is 127. The average Bonchev–Trinajstić information content (AvgIpc) is 2.61. The predicted octanol–water partition coefficient (Wildman–Crippen LogP) is 4.10. The van der Waals surface area contributed by atoms with Gasteiger partial charge in [0, 0.05) is 22.2 Å². The van der Waals surface area contributed by atoms with Gasteiger partial charge < -0.3 is 0 Å². The van der Waals surface area contributed by atoms with Crippen molar-refractivity contribution in [1.29, 1.82) is 0 Å². The van der Waals surface area contributed by atoms with E-state index in [9.17, 15) is 14.9 Å². The Bertz CT molecular complexity index is 1040. The summed E-state index contributed by atoms with van der Waals surface area (Å²) in [7, 11) is 0. The van der Waals surface area contributed by atoms with Gasteiger partial charge in [0.1, 0.15) is 5.82 Å². The van der Waals surface area contributed by atoms with Crippen LogP contribution in [0.15, 0.2) is 47.3 Å². The van der Waals surface area contributed by atoms with E-state index in [1.807, 2.05) is 25.1 Å². The highest BCUT2D eigenvalue weighted by Crippen LogP contribution is 2.16. The van der Waals surface area contributed by atoms with Gasteiger partial charge in [-0.3, -0.25) is 19.5 Å². The summed E-state index contributed by atoms with van der Waals surface area (Å²) < 4.78 is 2.60. The SMILES string of the molecule is CCn1c(C=Cc2ccc([N+](=O)[O-])cc2)nc2ccc(I)cc2c1=O. The molecule has 25 heavy (non-hydrogen) atoms. The third kappa shape index (κ3) is 3.60. The van der Waals surface area contributed by atoms with Gasteiger partial charge in [-0.15, -0.1) is 0 Å². The molecule has 0 unspecified atom stereocenters. The van der Waals surface area contributed by atoms with E-state index in [0.717, 1.165) is 9.13 Å². The minimum absolute atomic E-state index is 0.0426. The van der Waals surface area contributed by atoms with Crippen molar-refractivity contribution < 1.29 is 4.92 Å². The zero-order valence-electron chi connectivity index (χ0n) is 13.3. The van der Waals surface area contributed by atoms with Gasteiger partial charge in [0.15, 0.2) is 0 Å². The van der Waals surface area contributed by atoms with Crippen molar-refractivity contribution >= 4 is 51.3 Å². The van der Waals surface area contributed by atoms with E-state index in [-0.39, 0.29) is 11.2 Å². The number of hydrogen-bond donors (Lipinski definition) is 0. The lowest BCUT2D eigenvalue weighted by atomic mass is 10.2. The van der Waals surface area contributed by atoms with E-state index < -0.39 is 4.92 Å². The number of non-ortho nitro benzene ring substituents is 1. The Balaban J connectivity index is 2.04. The smallest absolute Gasteiger partial charge is 0.269 e. The maximum atomic E-state index is 12.7. The number of rotatable bonds is 4. The number of nitrogens with zero attached hydrogens (tertiary/aromatic N) is 3. The molecule has 0 bridgehead atoms. The average molecular weight is 447 g/mol. The van der Waals surface area contributed by atoms with Crippen LogP contribution in [-0.2, 0) is 6.54 Å². The second kappa shape index (κ2) is 7.14. The molecule has 126 valence electrons. The number of nitro groups is 1. The topological polar surface area (TPSA) is 78.0 Å². The van der Waals surface area contributed by atoms with Crippen molar-refractivity contribution in [2.45, 2.75) is 13.5 Å². The van der Waals surface area contributed by atoms with Crippen LogP contribution in [-0.4, -0.2) is 14.5 Å². The third-order valence-electron chi connectivity index (χ3n) is 3.79. The number of fused-ring (bicyclic) bond motifs is 1. The molecular formula is C18H14IN3O3. The quantitative estimate of drug-likeness (QED) is 0.343. The van der Waals surface area contributed by atoms with E-state index in [0.29, 0.717) is 23.3 Å². The van der Waals surface area contributed by atoms with Gasteiger partial charge in [0.2, 0.25) is 0 Å². The van der Waals surface area contributed by atoms with Crippen LogP contribution in [0.1, 0.15) is 18.3 Å². The fraction of sp³-hybridized carbons (Fsp3) is 0.111. The Morgan fingerprint density at radius 3 is 2.56 bits per heavy atom. The fourth-order valence-corrected chi connectivity index (χ4v) is 3.01. The molecule has 2 aromatic carbocycles. The number of benzene rings is 2. The second-order valence-electron chi connectivity index (χ2n) is 5.36. The molecule has 6 nitrogen and oxygen atoms in total. The van der Waals surface area contributed by atoms with Gasteiger partial charge in [-0.1, -0.05) is 6.08 Å². The lowest BCUT2D eigenvalue weighted by Crippen LogP contribution is -2.23. The molecule has 7 heteroatoms. The van der Waals surface area contributed by atoms with Gasteiger partial charge in [0.25, 0.3) is 11.2 Å². The second-order valence-corrected chi connectivity index (χ2v) is 6.61. The monoisotopic (exact) mass is 447 g/mol. The summed E-state index contributed by atoms with van der Waals surface area (Å²) in [5.74, 6) is 0.555. The fourth-order valence-electron chi connectivity index (χ4n) is 2.52. The molecule has 0 fully saturated rings. The van der Waals surface area contributed by atoms with Crippen molar-refractivity contribution in [3.8, 4) is 0 Å². The summed E-state index contributed by atoms with van der Waals surface area (Å²) in [4.78, 5) is 27.5. The van der Waals surface area contributed by atoms with Crippen LogP contribution in [0.3, 0.4) is 0 Å². The van der Waals surface area contributed by atoms with Gasteiger partial charge in [0.05, 0.1) is 15.8 Å². The first-order chi connectivity index (χ1) is 12.0. The molecule has 0 saturated carbocycles. The first kappa shape index (κ1) is 17.3. The lowest BCUT2D eigenvalue weighted by molar-refractivity contribution is -0.384. The molecule has 0 atom stereocenters. The highest BCUT2D eigenvalue weighted by Gasteiger charge is 2.08. The van der Waals surface area contributed by atoms with Crippen molar-refractivity contribution in [3.63, 3.8) is 0 Å². The Morgan fingerprint density at radius 2 is 1.92 bits per heavy atom. The Kier molecular flexibility index (Phi) is 4.93. The maximum absolute atomic E-state index is 12.7. The Morgan fingerprint density at radius 1 is 1.20 bits per heavy atom. The molecule has 1 heterocycles. The van der Waals surface area contributed by atoms with Crippen LogP contribution < -0.4 is 5.56 Å². The summed E-state index contributed by atoms with van der Waals surface area (Å²) in [5.41, 5.74) is 1.42.